The summed E-state index contributed by atoms with van der Waals surface area (Å²) < 4.78 is 47.4. The minimum absolute atomic E-state index is 0.0193. The summed E-state index contributed by atoms with van der Waals surface area (Å²) in [6, 6.07) is 5.64. The zero-order chi connectivity index (χ0) is 23.0. The van der Waals surface area contributed by atoms with Crippen molar-refractivity contribution in [2.75, 3.05) is 18.4 Å². The van der Waals surface area contributed by atoms with Crippen LogP contribution in [0.2, 0.25) is 10.0 Å². The maximum Gasteiger partial charge on any atom is 0.281 e. The monoisotopic (exact) mass is 483 g/mol. The van der Waals surface area contributed by atoms with Crippen LogP contribution in [0.15, 0.2) is 43.2 Å². The molecule has 3 heterocycles. The summed E-state index contributed by atoms with van der Waals surface area (Å²) in [6.07, 6.45) is -0.599. The van der Waals surface area contributed by atoms with Crippen molar-refractivity contribution in [2.24, 2.45) is 0 Å². The van der Waals surface area contributed by atoms with Crippen molar-refractivity contribution in [3.63, 3.8) is 0 Å². The van der Waals surface area contributed by atoms with E-state index in [0.717, 1.165) is 6.08 Å². The van der Waals surface area contributed by atoms with Gasteiger partial charge < -0.3 is 15.0 Å². The quantitative estimate of drug-likeness (QED) is 0.406. The van der Waals surface area contributed by atoms with Gasteiger partial charge in [0.05, 0.1) is 34.3 Å². The van der Waals surface area contributed by atoms with E-state index in [1.165, 1.54) is 35.5 Å². The minimum atomic E-state index is -2.87. The Morgan fingerprint density at radius 1 is 1.25 bits per heavy atom. The SMILES string of the molecule is C=CC(=O)N1CC(Oc2ccc3ncnc(Nc4ccc(Cl)c(Cl)c4F)c3n2)(C(F)F)C1. The fourth-order valence-electron chi connectivity index (χ4n) is 3.16. The van der Waals surface area contributed by atoms with Gasteiger partial charge in [-0.25, -0.2) is 28.1 Å². The number of alkyl halides is 2. The lowest BCUT2D eigenvalue weighted by Crippen LogP contribution is -2.69. The first-order valence-corrected chi connectivity index (χ1v) is 9.90. The van der Waals surface area contributed by atoms with Crippen LogP contribution in [0, 0.1) is 5.82 Å². The van der Waals surface area contributed by atoms with Crippen molar-refractivity contribution in [2.45, 2.75) is 12.0 Å². The number of nitrogens with zero attached hydrogens (tertiary/aromatic N) is 4. The van der Waals surface area contributed by atoms with Gasteiger partial charge in [-0.2, -0.15) is 0 Å². The van der Waals surface area contributed by atoms with E-state index in [9.17, 15) is 18.0 Å². The molecule has 12 heteroatoms. The molecule has 1 N–H and O–H groups in total. The molecule has 1 saturated heterocycles. The number of amides is 1. The lowest BCUT2D eigenvalue weighted by Gasteiger charge is -2.48. The first-order chi connectivity index (χ1) is 15.2. The molecule has 7 nitrogen and oxygen atoms in total. The maximum atomic E-state index is 14.4. The number of fused-ring (bicyclic) bond motifs is 1. The summed E-state index contributed by atoms with van der Waals surface area (Å²) in [5, 5.41) is 2.52. The highest BCUT2D eigenvalue weighted by Gasteiger charge is 2.54. The van der Waals surface area contributed by atoms with Crippen molar-refractivity contribution in [3.8, 4) is 5.88 Å². The number of ether oxygens (including phenoxy) is 1. The standard InChI is InChI=1S/C20H14Cl2F3N5O2/c1-2-14(31)30-7-20(8-30,19(24)25)32-13-6-5-12-17(29-13)18(27-9-26-12)28-11-4-3-10(21)15(22)16(11)23/h2-6,9,19H,1,7-8H2,(H,26,27,28). The van der Waals surface area contributed by atoms with Crippen LogP contribution in [0.1, 0.15) is 0 Å². The number of halogens is 5. The van der Waals surface area contributed by atoms with Gasteiger partial charge in [0.15, 0.2) is 11.6 Å². The molecule has 1 aromatic carbocycles. The van der Waals surface area contributed by atoms with Crippen LogP contribution < -0.4 is 10.1 Å². The van der Waals surface area contributed by atoms with E-state index >= 15 is 0 Å². The molecule has 1 aliphatic rings. The molecule has 0 bridgehead atoms. The second-order valence-corrected chi connectivity index (χ2v) is 7.74. The fraction of sp³-hybridized carbons (Fsp3) is 0.200. The van der Waals surface area contributed by atoms with Crippen molar-refractivity contribution in [1.29, 1.82) is 0 Å². The van der Waals surface area contributed by atoms with E-state index < -0.39 is 23.8 Å². The highest BCUT2D eigenvalue weighted by molar-refractivity contribution is 6.42. The van der Waals surface area contributed by atoms with Crippen LogP contribution in [0.4, 0.5) is 24.7 Å². The average Bonchev–Trinajstić information content (AvgIpc) is 2.75. The summed E-state index contributed by atoms with van der Waals surface area (Å²) in [7, 11) is 0. The third-order valence-electron chi connectivity index (χ3n) is 4.85. The summed E-state index contributed by atoms with van der Waals surface area (Å²) in [4.78, 5) is 25.2. The molecule has 0 radical (unpaired) electrons. The Kier molecular flexibility index (Phi) is 5.83. The molecule has 0 spiro atoms. The number of carbonyl (C=O) groups excluding carboxylic acids is 1. The topological polar surface area (TPSA) is 80.2 Å². The Morgan fingerprint density at radius 3 is 2.69 bits per heavy atom. The summed E-state index contributed by atoms with van der Waals surface area (Å²) in [6.45, 7) is 2.70. The molecular weight excluding hydrogens is 470 g/mol. The molecule has 1 fully saturated rings. The van der Waals surface area contributed by atoms with Gasteiger partial charge in [-0.3, -0.25) is 4.79 Å². The van der Waals surface area contributed by atoms with Crippen LogP contribution >= 0.6 is 23.2 Å². The predicted octanol–water partition coefficient (Wildman–Crippen LogP) is 4.63. The van der Waals surface area contributed by atoms with Gasteiger partial charge >= 0.3 is 0 Å². The van der Waals surface area contributed by atoms with E-state index in [0.29, 0.717) is 5.52 Å². The smallest absolute Gasteiger partial charge is 0.281 e. The van der Waals surface area contributed by atoms with Gasteiger partial charge in [-0.1, -0.05) is 29.8 Å². The molecule has 0 unspecified atom stereocenters. The molecule has 166 valence electrons. The summed E-state index contributed by atoms with van der Waals surface area (Å²) >= 11 is 11.6. The molecular formula is C20H14Cl2F3N5O2. The van der Waals surface area contributed by atoms with E-state index in [1.54, 1.807) is 0 Å². The molecule has 4 rings (SSSR count). The Morgan fingerprint density at radius 2 is 2.00 bits per heavy atom. The number of likely N-dealkylation sites (tertiary alicyclic amines) is 1. The van der Waals surface area contributed by atoms with Crippen LogP contribution in [0.5, 0.6) is 5.88 Å². The second-order valence-electron chi connectivity index (χ2n) is 6.95. The molecule has 1 amide bonds. The molecule has 0 atom stereocenters. The van der Waals surface area contributed by atoms with Gasteiger partial charge in [0.1, 0.15) is 11.8 Å². The van der Waals surface area contributed by atoms with Crippen LogP contribution in [-0.2, 0) is 4.79 Å². The summed E-state index contributed by atoms with van der Waals surface area (Å²) in [5.74, 6) is -1.30. The zero-order valence-corrected chi connectivity index (χ0v) is 17.7. The Labute approximate surface area is 189 Å². The van der Waals surface area contributed by atoms with Crippen LogP contribution in [0.25, 0.3) is 11.0 Å². The highest BCUT2D eigenvalue weighted by atomic mass is 35.5. The van der Waals surface area contributed by atoms with E-state index in [-0.39, 0.29) is 46.0 Å². The highest BCUT2D eigenvalue weighted by Crippen LogP contribution is 2.35. The van der Waals surface area contributed by atoms with Gasteiger partial charge in [0.25, 0.3) is 6.43 Å². The molecule has 0 saturated carbocycles. The lowest BCUT2D eigenvalue weighted by atomic mass is 9.94. The number of aromatic nitrogens is 3. The van der Waals surface area contributed by atoms with E-state index in [1.807, 2.05) is 0 Å². The zero-order valence-electron chi connectivity index (χ0n) is 16.2. The largest absolute Gasteiger partial charge is 0.461 e. The number of benzene rings is 1. The van der Waals surface area contributed by atoms with E-state index in [4.69, 9.17) is 27.9 Å². The minimum Gasteiger partial charge on any atom is -0.461 e. The van der Waals surface area contributed by atoms with Gasteiger partial charge in [-0.15, -0.1) is 0 Å². The van der Waals surface area contributed by atoms with E-state index in [2.05, 4.69) is 26.8 Å². The average molecular weight is 484 g/mol. The summed E-state index contributed by atoms with van der Waals surface area (Å²) in [5.41, 5.74) is -1.41. The van der Waals surface area contributed by atoms with Gasteiger partial charge in [0.2, 0.25) is 17.4 Å². The number of anilines is 2. The third-order valence-corrected chi connectivity index (χ3v) is 5.63. The molecule has 32 heavy (non-hydrogen) atoms. The number of rotatable bonds is 6. The molecule has 2 aromatic heterocycles. The first kappa shape index (κ1) is 22.1. The van der Waals surface area contributed by atoms with Crippen LogP contribution in [0.3, 0.4) is 0 Å². The normalized spacial score (nSPS) is 14.9. The number of hydrogen-bond acceptors (Lipinski definition) is 6. The Bertz CT molecular complexity index is 1220. The number of pyridine rings is 1. The van der Waals surface area contributed by atoms with Crippen molar-refractivity contribution in [1.82, 2.24) is 19.9 Å². The fourth-order valence-corrected chi connectivity index (χ4v) is 3.47. The van der Waals surface area contributed by atoms with Crippen molar-refractivity contribution >= 4 is 51.6 Å². The van der Waals surface area contributed by atoms with Gasteiger partial charge in [0, 0.05) is 6.07 Å². The second kappa shape index (κ2) is 8.44. The Balaban J connectivity index is 1.65. The lowest BCUT2D eigenvalue weighted by molar-refractivity contribution is -0.175. The number of hydrogen-bond donors (Lipinski definition) is 1. The molecule has 1 aliphatic heterocycles. The number of nitrogens with one attached hydrogen (secondary N) is 1. The van der Waals surface area contributed by atoms with Crippen molar-refractivity contribution < 1.29 is 22.7 Å². The van der Waals surface area contributed by atoms with Crippen LogP contribution in [-0.4, -0.2) is 50.9 Å². The first-order valence-electron chi connectivity index (χ1n) is 9.15. The molecule has 3 aromatic rings. The molecule has 0 aliphatic carbocycles. The van der Waals surface area contributed by atoms with Crippen molar-refractivity contribution in [3.05, 3.63) is 59.1 Å². The Hall–Kier alpha value is -3.11. The number of carbonyl (C=O) groups is 1. The van der Waals surface area contributed by atoms with Gasteiger partial charge in [-0.05, 0) is 24.3 Å². The predicted molar refractivity (Wildman–Crippen MR) is 113 cm³/mol. The maximum absolute atomic E-state index is 14.4. The third kappa shape index (κ3) is 3.91.